The van der Waals surface area contributed by atoms with Crippen molar-refractivity contribution in [3.05, 3.63) is 83.4 Å². The molecule has 0 bridgehead atoms. The summed E-state index contributed by atoms with van der Waals surface area (Å²) in [6.07, 6.45) is 2.36. The molecule has 0 spiro atoms. The van der Waals surface area contributed by atoms with E-state index in [1.165, 1.54) is 18.9 Å². The summed E-state index contributed by atoms with van der Waals surface area (Å²) >= 11 is 0. The van der Waals surface area contributed by atoms with Crippen LogP contribution in [-0.4, -0.2) is 38.4 Å². The van der Waals surface area contributed by atoms with Crippen molar-refractivity contribution in [3.8, 4) is 23.0 Å². The van der Waals surface area contributed by atoms with Gasteiger partial charge in [0.2, 0.25) is 0 Å². The molecule has 0 aliphatic carbocycles. The highest BCUT2D eigenvalue weighted by Gasteiger charge is 2.13. The van der Waals surface area contributed by atoms with Crippen LogP contribution in [0, 0.1) is 0 Å². The highest BCUT2D eigenvalue weighted by molar-refractivity contribution is 5.92. The fourth-order valence-electron chi connectivity index (χ4n) is 3.22. The number of hydrogen-bond acceptors (Lipinski definition) is 7. The number of nitrogens with one attached hydrogen (secondary N) is 1. The molecule has 8 nitrogen and oxygen atoms in total. The predicted molar refractivity (Wildman–Crippen MR) is 142 cm³/mol. The average molecular weight is 505 g/mol. The van der Waals surface area contributed by atoms with Gasteiger partial charge in [0.15, 0.2) is 18.1 Å². The van der Waals surface area contributed by atoms with E-state index in [0.29, 0.717) is 40.9 Å². The van der Waals surface area contributed by atoms with Gasteiger partial charge in [0.25, 0.3) is 5.91 Å². The summed E-state index contributed by atoms with van der Waals surface area (Å²) in [6.45, 7) is 6.70. The molecule has 1 N–H and O–H groups in total. The number of ether oxygens (including phenoxy) is 4. The molecule has 0 atom stereocenters. The van der Waals surface area contributed by atoms with Gasteiger partial charge in [-0.3, -0.25) is 4.79 Å². The zero-order chi connectivity index (χ0) is 26.6. The predicted octanol–water partition coefficient (Wildman–Crippen LogP) is 5.36. The third kappa shape index (κ3) is 8.38. The Kier molecular flexibility index (Phi) is 10.1. The minimum Gasteiger partial charge on any atom is -0.494 e. The van der Waals surface area contributed by atoms with Crippen LogP contribution in [0.15, 0.2) is 71.8 Å². The van der Waals surface area contributed by atoms with Crippen LogP contribution >= 0.6 is 0 Å². The number of carbonyl (C=O) groups is 2. The van der Waals surface area contributed by atoms with E-state index in [9.17, 15) is 9.59 Å². The molecule has 0 saturated heterocycles. The molecule has 0 unspecified atom stereocenters. The lowest BCUT2D eigenvalue weighted by Gasteiger charge is -2.10. The van der Waals surface area contributed by atoms with E-state index in [1.807, 2.05) is 31.2 Å². The number of rotatable bonds is 12. The first-order valence-corrected chi connectivity index (χ1v) is 12.1. The number of hydrogen-bond donors (Lipinski definition) is 1. The van der Waals surface area contributed by atoms with Crippen LogP contribution in [0.25, 0.3) is 0 Å². The molecule has 0 saturated carbocycles. The van der Waals surface area contributed by atoms with Crippen molar-refractivity contribution in [1.29, 1.82) is 0 Å². The molecule has 3 aromatic carbocycles. The van der Waals surface area contributed by atoms with E-state index in [0.717, 1.165) is 6.42 Å². The van der Waals surface area contributed by atoms with E-state index in [-0.39, 0.29) is 12.4 Å². The molecule has 0 heterocycles. The zero-order valence-electron chi connectivity index (χ0n) is 21.5. The Morgan fingerprint density at radius 1 is 0.919 bits per heavy atom. The normalized spacial score (nSPS) is 10.8. The Morgan fingerprint density at radius 3 is 2.24 bits per heavy atom. The molecule has 0 radical (unpaired) electrons. The van der Waals surface area contributed by atoms with Crippen molar-refractivity contribution in [3.63, 3.8) is 0 Å². The first-order chi connectivity index (χ1) is 17.9. The number of methoxy groups -OCH3 is 1. The maximum absolute atomic E-state index is 12.5. The number of nitrogens with zero attached hydrogens (tertiary/aromatic N) is 1. The van der Waals surface area contributed by atoms with Crippen LogP contribution in [0.2, 0.25) is 0 Å². The number of esters is 1. The molecule has 8 heteroatoms. The maximum Gasteiger partial charge on any atom is 0.343 e. The van der Waals surface area contributed by atoms with Gasteiger partial charge in [-0.05, 0) is 78.1 Å². The molecule has 0 aromatic heterocycles. The summed E-state index contributed by atoms with van der Waals surface area (Å²) in [7, 11) is 1.47. The van der Waals surface area contributed by atoms with Crippen LogP contribution < -0.4 is 24.4 Å². The lowest BCUT2D eigenvalue weighted by atomic mass is 10.0. The molecule has 3 rings (SSSR count). The number of hydrazone groups is 1. The smallest absolute Gasteiger partial charge is 0.343 e. The van der Waals surface area contributed by atoms with Gasteiger partial charge in [0.1, 0.15) is 11.5 Å². The van der Waals surface area contributed by atoms with Crippen molar-refractivity contribution in [1.82, 2.24) is 5.43 Å². The molecule has 194 valence electrons. The topological polar surface area (TPSA) is 95.5 Å². The fourth-order valence-corrected chi connectivity index (χ4v) is 3.22. The lowest BCUT2D eigenvalue weighted by molar-refractivity contribution is -0.123. The molecule has 0 aliphatic rings. The first-order valence-electron chi connectivity index (χ1n) is 12.1. The lowest BCUT2D eigenvalue weighted by Crippen LogP contribution is -2.24. The minimum atomic E-state index is -0.520. The second kappa shape index (κ2) is 13.7. The Labute approximate surface area is 217 Å². The Morgan fingerprint density at radius 2 is 1.59 bits per heavy atom. The van der Waals surface area contributed by atoms with Crippen LogP contribution in [0.4, 0.5) is 0 Å². The second-order valence-electron chi connectivity index (χ2n) is 8.48. The number of amides is 1. The molecular weight excluding hydrogens is 472 g/mol. The van der Waals surface area contributed by atoms with Crippen molar-refractivity contribution in [2.75, 3.05) is 20.3 Å². The van der Waals surface area contributed by atoms with E-state index >= 15 is 0 Å². The molecule has 3 aromatic rings. The second-order valence-corrected chi connectivity index (χ2v) is 8.48. The minimum absolute atomic E-state index is 0.164. The average Bonchev–Trinajstić information content (AvgIpc) is 2.91. The Balaban J connectivity index is 1.52. The van der Waals surface area contributed by atoms with Gasteiger partial charge < -0.3 is 18.9 Å². The van der Waals surface area contributed by atoms with Crippen molar-refractivity contribution in [2.45, 2.75) is 33.1 Å². The van der Waals surface area contributed by atoms with Gasteiger partial charge in [-0.15, -0.1) is 0 Å². The van der Waals surface area contributed by atoms with Gasteiger partial charge in [0.05, 0.1) is 25.5 Å². The SMILES string of the molecule is CCCOc1ccc(C(=O)Oc2ccc(/C=N\NC(=O)COc3ccc(C(C)C)cc3)cc2OC)cc1. The molecular formula is C29H32N2O6. The third-order valence-corrected chi connectivity index (χ3v) is 5.27. The zero-order valence-corrected chi connectivity index (χ0v) is 21.5. The maximum atomic E-state index is 12.5. The van der Waals surface area contributed by atoms with Crippen LogP contribution in [0.3, 0.4) is 0 Å². The largest absolute Gasteiger partial charge is 0.494 e. The van der Waals surface area contributed by atoms with E-state index in [1.54, 1.807) is 42.5 Å². The fraction of sp³-hybridized carbons (Fsp3) is 0.276. The quantitative estimate of drug-likeness (QED) is 0.155. The molecule has 37 heavy (non-hydrogen) atoms. The van der Waals surface area contributed by atoms with E-state index in [4.69, 9.17) is 18.9 Å². The van der Waals surface area contributed by atoms with Crippen molar-refractivity contribution in [2.24, 2.45) is 5.10 Å². The highest BCUT2D eigenvalue weighted by Crippen LogP contribution is 2.28. The summed E-state index contributed by atoms with van der Waals surface area (Å²) in [4.78, 5) is 24.6. The van der Waals surface area contributed by atoms with Crippen LogP contribution in [0.5, 0.6) is 23.0 Å². The first kappa shape index (κ1) is 27.3. The number of benzene rings is 3. The monoisotopic (exact) mass is 504 g/mol. The third-order valence-electron chi connectivity index (χ3n) is 5.27. The molecule has 0 fully saturated rings. The van der Waals surface area contributed by atoms with Gasteiger partial charge in [0, 0.05) is 0 Å². The van der Waals surface area contributed by atoms with Crippen molar-refractivity contribution >= 4 is 18.1 Å². The van der Waals surface area contributed by atoms with E-state index < -0.39 is 11.9 Å². The summed E-state index contributed by atoms with van der Waals surface area (Å²) in [6, 6.07) is 19.3. The van der Waals surface area contributed by atoms with Gasteiger partial charge in [-0.25, -0.2) is 10.2 Å². The van der Waals surface area contributed by atoms with E-state index in [2.05, 4.69) is 24.4 Å². The summed E-state index contributed by atoms with van der Waals surface area (Å²) in [5.74, 6) is 1.42. The molecule has 0 aliphatic heterocycles. The summed E-state index contributed by atoms with van der Waals surface area (Å²) in [5, 5.41) is 3.95. The Bertz CT molecular complexity index is 1200. The molecule has 1 amide bonds. The standard InChI is InChI=1S/C29H32N2O6/c1-5-16-35-24-13-9-23(10-14-24)29(33)37-26-15-6-21(17-27(26)34-4)18-30-31-28(32)19-36-25-11-7-22(8-12-25)20(2)3/h6-15,17-18,20H,5,16,19H2,1-4H3,(H,31,32)/b30-18-. The van der Waals surface area contributed by atoms with Gasteiger partial charge in [-0.1, -0.05) is 32.9 Å². The Hall–Kier alpha value is -4.33. The van der Waals surface area contributed by atoms with Gasteiger partial charge >= 0.3 is 5.97 Å². The van der Waals surface area contributed by atoms with Crippen LogP contribution in [0.1, 0.15) is 54.6 Å². The highest BCUT2D eigenvalue weighted by atomic mass is 16.6. The van der Waals surface area contributed by atoms with Gasteiger partial charge in [-0.2, -0.15) is 5.10 Å². The summed E-state index contributed by atoms with van der Waals surface area (Å²) < 4.78 is 21.9. The van der Waals surface area contributed by atoms with Crippen molar-refractivity contribution < 1.29 is 28.5 Å². The number of carbonyl (C=O) groups excluding carboxylic acids is 2. The van der Waals surface area contributed by atoms with Crippen LogP contribution in [-0.2, 0) is 4.79 Å². The summed E-state index contributed by atoms with van der Waals surface area (Å²) in [5.41, 5.74) is 4.65.